The van der Waals surface area contributed by atoms with E-state index in [2.05, 4.69) is 23.4 Å². The van der Waals surface area contributed by atoms with Crippen molar-refractivity contribution < 1.29 is 69.8 Å². The zero-order valence-electron chi connectivity index (χ0n) is 27.3. The van der Waals surface area contributed by atoms with Gasteiger partial charge >= 0.3 is 41.2 Å². The van der Waals surface area contributed by atoms with Crippen LogP contribution >= 0.6 is 23.5 Å². The molecule has 0 aliphatic carbocycles. The van der Waals surface area contributed by atoms with Crippen molar-refractivity contribution >= 4 is 41.3 Å². The summed E-state index contributed by atoms with van der Waals surface area (Å²) in [5, 5.41) is 2.33. The van der Waals surface area contributed by atoms with Gasteiger partial charge in [0.2, 0.25) is 0 Å². The first-order chi connectivity index (χ1) is 25.2. The Balaban J connectivity index is 1.22. The Kier molecular flexibility index (Phi) is 13.3. The maximum absolute atomic E-state index is 13.0. The summed E-state index contributed by atoms with van der Waals surface area (Å²) in [6, 6.07) is 25.8. The number of aromatic nitrogens is 2. The van der Waals surface area contributed by atoms with Crippen LogP contribution in [0.5, 0.6) is 0 Å². The van der Waals surface area contributed by atoms with Gasteiger partial charge in [0, 0.05) is 12.6 Å². The van der Waals surface area contributed by atoms with Crippen molar-refractivity contribution in [3.8, 4) is 0 Å². The third kappa shape index (κ3) is 12.4. The van der Waals surface area contributed by atoms with E-state index in [4.69, 9.17) is 18.7 Å². The molecule has 4 aromatic rings. The Hall–Kier alpha value is -4.35. The van der Waals surface area contributed by atoms with E-state index < -0.39 is 72.9 Å². The van der Waals surface area contributed by atoms with E-state index in [0.29, 0.717) is 5.56 Å². The van der Waals surface area contributed by atoms with Gasteiger partial charge in [0.25, 0.3) is 0 Å². The zero-order chi connectivity index (χ0) is 38.1. The van der Waals surface area contributed by atoms with Gasteiger partial charge in [0.1, 0.15) is 30.9 Å². The van der Waals surface area contributed by atoms with Gasteiger partial charge in [0.05, 0.1) is 18.8 Å². The largest absolute Gasteiger partial charge is 0.490 e. The number of hydrogen-bond acceptors (Lipinski definition) is 14. The summed E-state index contributed by atoms with van der Waals surface area (Å²) in [5.41, 5.74) is 0.357. The Morgan fingerprint density at radius 1 is 0.792 bits per heavy atom. The smallest absolute Gasteiger partial charge is 0.456 e. The molecule has 6 unspecified atom stereocenters. The van der Waals surface area contributed by atoms with Crippen molar-refractivity contribution in [2.24, 2.45) is 0 Å². The molecule has 22 heteroatoms. The van der Waals surface area contributed by atoms with Gasteiger partial charge in [-0.15, -0.1) is 0 Å². The lowest BCUT2D eigenvalue weighted by atomic mass is 10.1. The molecule has 53 heavy (non-hydrogen) atoms. The Bertz CT molecular complexity index is 2070. The molecule has 1 aromatic heterocycles. The highest BCUT2D eigenvalue weighted by Gasteiger charge is 2.45. The number of nitrogens with zero attached hydrogens (tertiary/aromatic N) is 2. The normalized spacial score (nSPS) is 20.3. The number of nitrogens with one attached hydrogen (secondary N) is 1. The summed E-state index contributed by atoms with van der Waals surface area (Å²) in [4.78, 5) is 71.9. The molecule has 1 saturated heterocycles. The SMILES string of the molecule is O=C(Nc1ccn(C2CC(OC(=O)c3ccccc3)C(COP(=O)(O)OP(=O)(O)OP(=O)(O)OCc3ccccc3)O2)c(=O)n1)OCc1ccccc1. The van der Waals surface area contributed by atoms with Crippen molar-refractivity contribution in [1.82, 2.24) is 9.55 Å². The minimum atomic E-state index is -5.79. The van der Waals surface area contributed by atoms with Gasteiger partial charge in [0.15, 0.2) is 0 Å². The minimum absolute atomic E-state index is 0.0354. The number of phosphoric ester groups is 2. The molecule has 3 aromatic carbocycles. The molecule has 19 nitrogen and oxygen atoms in total. The third-order valence-corrected chi connectivity index (χ3v) is 11.3. The maximum atomic E-state index is 13.0. The van der Waals surface area contributed by atoms with E-state index >= 15 is 0 Å². The molecule has 0 radical (unpaired) electrons. The summed E-state index contributed by atoms with van der Waals surface area (Å²) in [7, 11) is -16.7. The van der Waals surface area contributed by atoms with E-state index in [1.165, 1.54) is 36.5 Å². The zero-order valence-corrected chi connectivity index (χ0v) is 29.9. The highest BCUT2D eigenvalue weighted by Crippen LogP contribution is 2.68. The molecule has 0 bridgehead atoms. The Morgan fingerprint density at radius 2 is 1.36 bits per heavy atom. The molecule has 0 saturated carbocycles. The second kappa shape index (κ2) is 17.6. The molecule has 1 aliphatic heterocycles. The van der Waals surface area contributed by atoms with Crippen LogP contribution in [0.15, 0.2) is 108 Å². The predicted molar refractivity (Wildman–Crippen MR) is 182 cm³/mol. The molecule has 1 amide bonds. The van der Waals surface area contributed by atoms with Crippen LogP contribution in [0.4, 0.5) is 10.6 Å². The van der Waals surface area contributed by atoms with E-state index in [0.717, 1.165) is 10.1 Å². The fourth-order valence-corrected chi connectivity index (χ4v) is 8.21. The number of esters is 1. The standard InChI is InChI=1S/C31H32N3O16P3/c35-29(24-14-8-3-9-15-24)48-25-18-28(34-17-16-27(32-30(34)36)33-31(37)44-19-22-10-4-1-5-11-22)47-26(25)21-46-52(40,41)50-53(42,43)49-51(38,39)45-20-23-12-6-2-7-13-23/h1-17,25-26,28H,18-21H2,(H,38,39)(H,40,41)(H,42,43)(H,32,33,36,37). The molecule has 6 atom stereocenters. The molecule has 5 rings (SSSR count). The average molecular weight is 796 g/mol. The van der Waals surface area contributed by atoms with Crippen LogP contribution in [0.3, 0.4) is 0 Å². The number of amides is 1. The van der Waals surface area contributed by atoms with E-state index in [9.17, 15) is 42.8 Å². The van der Waals surface area contributed by atoms with Crippen LogP contribution in [-0.4, -0.2) is 55.1 Å². The van der Waals surface area contributed by atoms with Gasteiger partial charge in [-0.2, -0.15) is 13.6 Å². The summed E-state index contributed by atoms with van der Waals surface area (Å²) >= 11 is 0. The second-order valence-electron chi connectivity index (χ2n) is 11.0. The molecule has 1 fully saturated rings. The number of carbonyl (C=O) groups is 2. The van der Waals surface area contributed by atoms with Gasteiger partial charge in [-0.1, -0.05) is 78.9 Å². The molecule has 4 N–H and O–H groups in total. The van der Waals surface area contributed by atoms with E-state index in [-0.39, 0.29) is 24.4 Å². The number of hydrogen-bond donors (Lipinski definition) is 4. The van der Waals surface area contributed by atoms with E-state index in [1.54, 1.807) is 66.7 Å². The van der Waals surface area contributed by atoms with Crippen LogP contribution in [0.2, 0.25) is 0 Å². The van der Waals surface area contributed by atoms with Crippen molar-refractivity contribution in [2.75, 3.05) is 11.9 Å². The Labute approximate surface area is 300 Å². The predicted octanol–water partition coefficient (Wildman–Crippen LogP) is 5.07. The number of rotatable bonds is 16. The van der Waals surface area contributed by atoms with Gasteiger partial charge in [-0.3, -0.25) is 18.9 Å². The highest BCUT2D eigenvalue weighted by molar-refractivity contribution is 7.66. The van der Waals surface area contributed by atoms with Crippen molar-refractivity contribution in [1.29, 1.82) is 0 Å². The van der Waals surface area contributed by atoms with Gasteiger partial charge in [-0.25, -0.2) is 28.1 Å². The van der Waals surface area contributed by atoms with Crippen LogP contribution < -0.4 is 11.0 Å². The number of ether oxygens (including phenoxy) is 3. The Morgan fingerprint density at radius 3 is 1.96 bits per heavy atom. The van der Waals surface area contributed by atoms with Crippen LogP contribution in [0, 0.1) is 0 Å². The number of phosphoric acid groups is 3. The third-order valence-electron chi connectivity index (χ3n) is 7.08. The molecule has 2 heterocycles. The average Bonchev–Trinajstić information content (AvgIpc) is 3.51. The van der Waals surface area contributed by atoms with Crippen molar-refractivity contribution in [3.05, 3.63) is 130 Å². The molecular weight excluding hydrogens is 763 g/mol. The lowest BCUT2D eigenvalue weighted by molar-refractivity contribution is -0.0511. The highest BCUT2D eigenvalue weighted by atomic mass is 31.3. The minimum Gasteiger partial charge on any atom is -0.456 e. The summed E-state index contributed by atoms with van der Waals surface area (Å²) in [6.07, 6.45) is -3.72. The fraction of sp³-hybridized carbons (Fsp3) is 0.226. The van der Waals surface area contributed by atoms with Gasteiger partial charge < -0.3 is 28.9 Å². The monoisotopic (exact) mass is 795 g/mol. The van der Waals surface area contributed by atoms with Crippen LogP contribution in [-0.2, 0) is 58.8 Å². The lowest BCUT2D eigenvalue weighted by Gasteiger charge is -2.21. The van der Waals surface area contributed by atoms with Gasteiger partial charge in [-0.05, 0) is 29.3 Å². The van der Waals surface area contributed by atoms with Crippen LogP contribution in [0.25, 0.3) is 0 Å². The second-order valence-corrected chi connectivity index (χ2v) is 15.6. The summed E-state index contributed by atoms with van der Waals surface area (Å²) in [5.74, 6) is -0.976. The van der Waals surface area contributed by atoms with Crippen molar-refractivity contribution in [3.63, 3.8) is 0 Å². The lowest BCUT2D eigenvalue weighted by Crippen LogP contribution is -2.31. The molecular formula is C31H32N3O16P3. The first-order valence-electron chi connectivity index (χ1n) is 15.4. The number of benzene rings is 3. The first-order valence-corrected chi connectivity index (χ1v) is 19.9. The molecule has 0 spiro atoms. The molecule has 1 aliphatic rings. The fourth-order valence-electron chi connectivity index (χ4n) is 4.71. The number of carbonyl (C=O) groups excluding carboxylic acids is 2. The summed E-state index contributed by atoms with van der Waals surface area (Å²) in [6.45, 7) is -1.50. The topological polar surface area (TPSA) is 258 Å². The van der Waals surface area contributed by atoms with E-state index in [1.807, 2.05) is 0 Å². The maximum Gasteiger partial charge on any atom is 0.490 e. The van der Waals surface area contributed by atoms with Crippen molar-refractivity contribution in [2.45, 2.75) is 38.1 Å². The quantitative estimate of drug-likeness (QED) is 0.0852. The molecule has 282 valence electrons. The number of anilines is 1. The summed E-state index contributed by atoms with van der Waals surface area (Å²) < 4.78 is 72.6. The van der Waals surface area contributed by atoms with Crippen LogP contribution in [0.1, 0.15) is 34.1 Å². The first kappa shape index (κ1) is 39.8.